The first-order chi connectivity index (χ1) is 17.9. The lowest BCUT2D eigenvalue weighted by atomic mass is 10.0. The third-order valence-electron chi connectivity index (χ3n) is 6.07. The molecule has 0 saturated carbocycles. The van der Waals surface area contributed by atoms with Gasteiger partial charge in [-0.25, -0.2) is 14.1 Å². The van der Waals surface area contributed by atoms with E-state index in [1.165, 1.54) is 23.5 Å². The number of ether oxygens (including phenoxy) is 2. The molecular weight excluding hydrogens is 503 g/mol. The molecule has 196 valence electrons. The second kappa shape index (κ2) is 11.4. The summed E-state index contributed by atoms with van der Waals surface area (Å²) < 4.78 is 27.0. The third kappa shape index (κ3) is 5.52. The predicted octanol–water partition coefficient (Wildman–Crippen LogP) is 6.51. The molecule has 0 spiro atoms. The Balaban J connectivity index is 0.00000336. The number of aromatic nitrogens is 3. The van der Waals surface area contributed by atoms with Crippen molar-refractivity contribution in [2.24, 2.45) is 0 Å². The van der Waals surface area contributed by atoms with E-state index in [1.807, 2.05) is 56.3 Å². The quantitative estimate of drug-likeness (QED) is 0.246. The van der Waals surface area contributed by atoms with Gasteiger partial charge in [0.25, 0.3) is 5.91 Å². The molecule has 0 fully saturated rings. The minimum Gasteiger partial charge on any atom is -0.497 e. The molecule has 0 aliphatic carbocycles. The van der Waals surface area contributed by atoms with Crippen LogP contribution in [-0.4, -0.2) is 33.8 Å². The molecule has 2 atom stereocenters. The van der Waals surface area contributed by atoms with Gasteiger partial charge in [0.2, 0.25) is 0 Å². The summed E-state index contributed by atoms with van der Waals surface area (Å²) in [4.78, 5) is 17.9. The van der Waals surface area contributed by atoms with Crippen LogP contribution in [-0.2, 0) is 0 Å². The molecule has 0 saturated heterocycles. The van der Waals surface area contributed by atoms with Crippen molar-refractivity contribution in [3.05, 3.63) is 100 Å². The number of carbonyl (C=O) groups excluding carboxylic acids is 1. The van der Waals surface area contributed by atoms with Gasteiger partial charge in [0.05, 0.1) is 36.1 Å². The Morgan fingerprint density at radius 3 is 2.58 bits per heavy atom. The van der Waals surface area contributed by atoms with Gasteiger partial charge in [-0.15, -0.1) is 11.3 Å². The molecule has 38 heavy (non-hydrogen) atoms. The maximum absolute atomic E-state index is 13.4. The van der Waals surface area contributed by atoms with Crippen LogP contribution in [0.4, 0.5) is 4.39 Å². The minimum absolute atomic E-state index is 0. The van der Waals surface area contributed by atoms with Gasteiger partial charge >= 0.3 is 0 Å². The molecule has 5 rings (SSSR count). The number of halogens is 1. The number of hydrogen-bond donors (Lipinski definition) is 1. The Labute approximate surface area is 224 Å². The van der Waals surface area contributed by atoms with Crippen LogP contribution in [0.25, 0.3) is 16.6 Å². The summed E-state index contributed by atoms with van der Waals surface area (Å²) in [6, 6.07) is 19.0. The molecule has 5 aromatic rings. The normalized spacial score (nSPS) is 12.4. The Morgan fingerprint density at radius 2 is 1.87 bits per heavy atom. The van der Waals surface area contributed by atoms with Crippen molar-refractivity contribution in [3.63, 3.8) is 0 Å². The van der Waals surface area contributed by atoms with Crippen LogP contribution in [0.3, 0.4) is 0 Å². The van der Waals surface area contributed by atoms with Crippen molar-refractivity contribution in [2.75, 3.05) is 7.11 Å². The lowest BCUT2D eigenvalue weighted by molar-refractivity contribution is 0.0877. The van der Waals surface area contributed by atoms with Crippen LogP contribution in [0, 0.1) is 12.7 Å². The maximum Gasteiger partial charge on any atom is 0.271 e. The number of hydrogen-bond acceptors (Lipinski definition) is 6. The summed E-state index contributed by atoms with van der Waals surface area (Å²) in [5, 5.41) is 8.37. The van der Waals surface area contributed by atoms with Gasteiger partial charge < -0.3 is 14.8 Å². The molecule has 0 aliphatic heterocycles. The van der Waals surface area contributed by atoms with Crippen LogP contribution in [0.1, 0.15) is 41.4 Å². The number of rotatable bonds is 8. The van der Waals surface area contributed by atoms with Crippen LogP contribution in [0.2, 0.25) is 0 Å². The average molecular weight is 533 g/mol. The molecule has 0 unspecified atom stereocenters. The molecule has 9 heteroatoms. The molecule has 2 aromatic heterocycles. The van der Waals surface area contributed by atoms with Gasteiger partial charge in [0, 0.05) is 10.3 Å². The zero-order chi connectivity index (χ0) is 25.9. The largest absolute Gasteiger partial charge is 0.497 e. The van der Waals surface area contributed by atoms with E-state index < -0.39 is 12.1 Å². The van der Waals surface area contributed by atoms with E-state index >= 15 is 0 Å². The minimum atomic E-state index is -0.511. The third-order valence-corrected chi connectivity index (χ3v) is 6.83. The zero-order valence-corrected chi connectivity index (χ0v) is 21.3. The first-order valence-electron chi connectivity index (χ1n) is 11.7. The fourth-order valence-corrected chi connectivity index (χ4v) is 4.74. The smallest absolute Gasteiger partial charge is 0.271 e. The van der Waals surface area contributed by atoms with E-state index in [9.17, 15) is 9.18 Å². The summed E-state index contributed by atoms with van der Waals surface area (Å²) in [5.74, 6) is 0.755. The fourth-order valence-electron chi connectivity index (χ4n) is 4.17. The number of aryl methyl sites for hydroxylation is 1. The van der Waals surface area contributed by atoms with Crippen molar-refractivity contribution >= 4 is 28.1 Å². The lowest BCUT2D eigenvalue weighted by Gasteiger charge is -2.27. The highest BCUT2D eigenvalue weighted by Gasteiger charge is 2.25. The topological polar surface area (TPSA) is 78.3 Å². The number of amides is 1. The highest BCUT2D eigenvalue weighted by Crippen LogP contribution is 2.30. The molecule has 1 N–H and O–H groups in total. The molecule has 7 nitrogen and oxygen atoms in total. The van der Waals surface area contributed by atoms with Crippen LogP contribution in [0.15, 0.2) is 78.4 Å². The molecule has 0 aliphatic rings. The molecular formula is C29H29FN4O3S. The first kappa shape index (κ1) is 26.8. The van der Waals surface area contributed by atoms with E-state index in [4.69, 9.17) is 9.47 Å². The highest BCUT2D eigenvalue weighted by atomic mass is 32.1. The predicted molar refractivity (Wildman–Crippen MR) is 148 cm³/mol. The highest BCUT2D eigenvalue weighted by molar-refractivity contribution is 7.09. The van der Waals surface area contributed by atoms with Crippen LogP contribution < -0.4 is 14.8 Å². The molecule has 0 radical (unpaired) electrons. The number of carbonyl (C=O) groups is 1. The van der Waals surface area contributed by atoms with E-state index in [0.717, 1.165) is 27.0 Å². The standard InChI is InChI=1S/C28H25FN4O3S.CH4/c1-17(32-28(34)26-18(2)37-16-30-26)27(19-5-4-6-23(13-19)35-3)36-24-11-12-25-20(14-24)15-31-33(25)22-9-7-21(29)8-10-22;/h4-17,27H,1-3H3,(H,32,34);1H4/t17-,27-;/m0./s1. The molecule has 3 aromatic carbocycles. The van der Waals surface area contributed by atoms with E-state index in [-0.39, 0.29) is 19.2 Å². The van der Waals surface area contributed by atoms with Gasteiger partial charge in [0.1, 0.15) is 29.1 Å². The van der Waals surface area contributed by atoms with E-state index in [2.05, 4.69) is 15.4 Å². The van der Waals surface area contributed by atoms with Crippen molar-refractivity contribution in [3.8, 4) is 17.2 Å². The van der Waals surface area contributed by atoms with Gasteiger partial charge in [0.15, 0.2) is 0 Å². The molecule has 1 amide bonds. The van der Waals surface area contributed by atoms with E-state index in [0.29, 0.717) is 17.2 Å². The van der Waals surface area contributed by atoms with Gasteiger partial charge in [-0.05, 0) is 74.0 Å². The number of benzene rings is 3. The summed E-state index contributed by atoms with van der Waals surface area (Å²) in [6.45, 7) is 3.77. The summed E-state index contributed by atoms with van der Waals surface area (Å²) in [5.41, 5.74) is 4.54. The second-order valence-electron chi connectivity index (χ2n) is 8.59. The molecule has 2 heterocycles. The average Bonchev–Trinajstić information content (AvgIpc) is 3.53. The zero-order valence-electron chi connectivity index (χ0n) is 20.5. The van der Waals surface area contributed by atoms with Gasteiger partial charge in [-0.3, -0.25) is 4.79 Å². The van der Waals surface area contributed by atoms with Crippen LogP contribution >= 0.6 is 11.3 Å². The number of nitrogens with one attached hydrogen (secondary N) is 1. The Kier molecular flexibility index (Phi) is 8.07. The van der Waals surface area contributed by atoms with Gasteiger partial charge in [-0.1, -0.05) is 19.6 Å². The maximum atomic E-state index is 13.4. The Hall–Kier alpha value is -4.24. The number of nitrogens with zero attached hydrogens (tertiary/aromatic N) is 3. The number of methoxy groups -OCH3 is 1. The molecule has 0 bridgehead atoms. The first-order valence-corrected chi connectivity index (χ1v) is 12.6. The van der Waals surface area contributed by atoms with Crippen molar-refractivity contribution < 1.29 is 18.7 Å². The van der Waals surface area contributed by atoms with Crippen molar-refractivity contribution in [1.82, 2.24) is 20.1 Å². The van der Waals surface area contributed by atoms with E-state index in [1.54, 1.807) is 35.6 Å². The van der Waals surface area contributed by atoms with Crippen molar-refractivity contribution in [2.45, 2.75) is 33.4 Å². The van der Waals surface area contributed by atoms with Crippen molar-refractivity contribution in [1.29, 1.82) is 0 Å². The fraction of sp³-hybridized carbons (Fsp3) is 0.207. The SMILES string of the molecule is C.COc1cccc([C@@H](Oc2ccc3c(cnn3-c3ccc(F)cc3)c2)[C@H](C)NC(=O)c2ncsc2C)c1. The summed E-state index contributed by atoms with van der Waals surface area (Å²) in [6.07, 6.45) is 1.23. The number of thiazole rings is 1. The summed E-state index contributed by atoms with van der Waals surface area (Å²) in [7, 11) is 1.61. The summed E-state index contributed by atoms with van der Waals surface area (Å²) >= 11 is 1.43. The lowest BCUT2D eigenvalue weighted by Crippen LogP contribution is -2.39. The second-order valence-corrected chi connectivity index (χ2v) is 9.65. The Bertz CT molecular complexity index is 1550. The number of fused-ring (bicyclic) bond motifs is 1. The van der Waals surface area contributed by atoms with Crippen LogP contribution in [0.5, 0.6) is 11.5 Å². The monoisotopic (exact) mass is 532 g/mol. The van der Waals surface area contributed by atoms with Gasteiger partial charge in [-0.2, -0.15) is 5.10 Å². The Morgan fingerprint density at radius 1 is 1.08 bits per heavy atom.